The Hall–Kier alpha value is -1.78. The summed E-state index contributed by atoms with van der Waals surface area (Å²) < 4.78 is 7.62. The van der Waals surface area contributed by atoms with E-state index in [2.05, 4.69) is 4.98 Å². The number of aromatic nitrogens is 2. The van der Waals surface area contributed by atoms with E-state index in [9.17, 15) is 0 Å². The van der Waals surface area contributed by atoms with Crippen molar-refractivity contribution in [2.24, 2.45) is 12.8 Å². The van der Waals surface area contributed by atoms with Gasteiger partial charge in [-0.1, -0.05) is 23.7 Å². The molecule has 1 aromatic carbocycles. The fraction of sp³-hybridized carbons (Fsp3) is 0.154. The number of para-hydroxylation sites is 1. The van der Waals surface area contributed by atoms with Crippen LogP contribution in [0.1, 0.15) is 17.5 Å². The Morgan fingerprint density at radius 2 is 2.28 bits per heavy atom. The number of fused-ring (bicyclic) bond motifs is 1. The fourth-order valence-corrected chi connectivity index (χ4v) is 2.23. The standard InChI is InChI=1S/C13H12ClN3O/c1-17-7-16-6-10(17)12(15)11-5-8-3-2-4-9(14)13(8)18-11/h2-7,12H,15H2,1H3. The topological polar surface area (TPSA) is 57.0 Å². The SMILES string of the molecule is Cn1cncc1C(N)c1cc2cccc(Cl)c2o1. The van der Waals surface area contributed by atoms with Crippen LogP contribution in [0.3, 0.4) is 0 Å². The Balaban J connectivity index is 2.10. The number of nitrogens with two attached hydrogens (primary N) is 1. The van der Waals surface area contributed by atoms with Crippen molar-refractivity contribution in [1.29, 1.82) is 0 Å². The maximum absolute atomic E-state index is 6.18. The van der Waals surface area contributed by atoms with E-state index in [0.717, 1.165) is 11.1 Å². The molecule has 3 rings (SSSR count). The zero-order valence-electron chi connectivity index (χ0n) is 9.80. The third-order valence-electron chi connectivity index (χ3n) is 2.99. The lowest BCUT2D eigenvalue weighted by molar-refractivity contribution is 0.515. The highest BCUT2D eigenvalue weighted by Gasteiger charge is 2.17. The Morgan fingerprint density at radius 1 is 1.44 bits per heavy atom. The highest BCUT2D eigenvalue weighted by atomic mass is 35.5. The molecule has 1 atom stereocenters. The van der Waals surface area contributed by atoms with E-state index in [4.69, 9.17) is 21.8 Å². The van der Waals surface area contributed by atoms with Gasteiger partial charge in [0.25, 0.3) is 0 Å². The smallest absolute Gasteiger partial charge is 0.152 e. The average molecular weight is 262 g/mol. The first kappa shape index (κ1) is 11.3. The summed E-state index contributed by atoms with van der Waals surface area (Å²) in [6, 6.07) is 7.20. The molecule has 0 aliphatic rings. The van der Waals surface area contributed by atoms with E-state index < -0.39 is 0 Å². The maximum atomic E-state index is 6.18. The molecule has 3 aromatic rings. The van der Waals surface area contributed by atoms with Crippen LogP contribution in [0.4, 0.5) is 0 Å². The molecule has 0 amide bonds. The summed E-state index contributed by atoms with van der Waals surface area (Å²) in [7, 11) is 1.90. The maximum Gasteiger partial charge on any atom is 0.152 e. The van der Waals surface area contributed by atoms with E-state index in [0.29, 0.717) is 16.4 Å². The van der Waals surface area contributed by atoms with E-state index in [1.165, 1.54) is 0 Å². The van der Waals surface area contributed by atoms with Crippen molar-refractivity contribution in [3.63, 3.8) is 0 Å². The molecular weight excluding hydrogens is 250 g/mol. The number of aryl methyl sites for hydroxylation is 1. The molecule has 0 spiro atoms. The predicted molar refractivity (Wildman–Crippen MR) is 70.5 cm³/mol. The zero-order valence-corrected chi connectivity index (χ0v) is 10.6. The number of benzene rings is 1. The Morgan fingerprint density at radius 3 is 2.94 bits per heavy atom. The molecule has 2 heterocycles. The molecule has 0 aliphatic heterocycles. The number of nitrogens with zero attached hydrogens (tertiary/aromatic N) is 2. The van der Waals surface area contributed by atoms with Crippen molar-refractivity contribution in [2.45, 2.75) is 6.04 Å². The van der Waals surface area contributed by atoms with Crippen molar-refractivity contribution in [2.75, 3.05) is 0 Å². The van der Waals surface area contributed by atoms with Crippen LogP contribution in [0.25, 0.3) is 11.0 Å². The van der Waals surface area contributed by atoms with Crippen molar-refractivity contribution in [3.8, 4) is 0 Å². The summed E-state index contributed by atoms with van der Waals surface area (Å²) in [5.74, 6) is 0.682. The summed E-state index contributed by atoms with van der Waals surface area (Å²) >= 11 is 6.08. The number of furan rings is 1. The van der Waals surface area contributed by atoms with Gasteiger partial charge in [-0.15, -0.1) is 0 Å². The minimum absolute atomic E-state index is 0.346. The molecule has 0 saturated carbocycles. The zero-order chi connectivity index (χ0) is 12.7. The highest BCUT2D eigenvalue weighted by molar-refractivity contribution is 6.34. The Bertz CT molecular complexity index is 701. The number of imidazole rings is 1. The minimum Gasteiger partial charge on any atom is -0.457 e. The van der Waals surface area contributed by atoms with Crippen LogP contribution in [0, 0.1) is 0 Å². The molecular formula is C13H12ClN3O. The monoisotopic (exact) mass is 261 g/mol. The van der Waals surface area contributed by atoms with Crippen molar-refractivity contribution >= 4 is 22.6 Å². The lowest BCUT2D eigenvalue weighted by atomic mass is 10.1. The number of hydrogen-bond acceptors (Lipinski definition) is 3. The van der Waals surface area contributed by atoms with Crippen LogP contribution in [0.5, 0.6) is 0 Å². The molecule has 92 valence electrons. The van der Waals surface area contributed by atoms with Crippen LogP contribution in [-0.2, 0) is 7.05 Å². The van der Waals surface area contributed by atoms with Crippen LogP contribution in [-0.4, -0.2) is 9.55 Å². The number of halogens is 1. The van der Waals surface area contributed by atoms with E-state index in [1.54, 1.807) is 18.6 Å². The second-order valence-electron chi connectivity index (χ2n) is 4.21. The Labute approximate surface area is 109 Å². The summed E-state index contributed by atoms with van der Waals surface area (Å²) in [6.07, 6.45) is 3.45. The highest BCUT2D eigenvalue weighted by Crippen LogP contribution is 2.30. The second kappa shape index (κ2) is 4.15. The van der Waals surface area contributed by atoms with E-state index >= 15 is 0 Å². The lowest BCUT2D eigenvalue weighted by Crippen LogP contribution is -2.14. The van der Waals surface area contributed by atoms with Crippen molar-refractivity contribution < 1.29 is 4.42 Å². The van der Waals surface area contributed by atoms with Gasteiger partial charge in [0.05, 0.1) is 23.2 Å². The quantitative estimate of drug-likeness (QED) is 0.772. The summed E-state index contributed by atoms with van der Waals surface area (Å²) in [6.45, 7) is 0. The third-order valence-corrected chi connectivity index (χ3v) is 3.29. The summed E-state index contributed by atoms with van der Waals surface area (Å²) in [5, 5.41) is 1.55. The number of hydrogen-bond donors (Lipinski definition) is 1. The average Bonchev–Trinajstić information content (AvgIpc) is 2.95. The van der Waals surface area contributed by atoms with Gasteiger partial charge in [0.1, 0.15) is 11.8 Å². The van der Waals surface area contributed by atoms with E-state index in [-0.39, 0.29) is 6.04 Å². The molecule has 5 heteroatoms. The van der Waals surface area contributed by atoms with E-state index in [1.807, 2.05) is 29.8 Å². The third kappa shape index (κ3) is 1.70. The van der Waals surface area contributed by atoms with Gasteiger partial charge in [0.2, 0.25) is 0 Å². The number of rotatable bonds is 2. The molecule has 0 aliphatic carbocycles. The fourth-order valence-electron chi connectivity index (χ4n) is 2.01. The summed E-state index contributed by atoms with van der Waals surface area (Å²) in [5.41, 5.74) is 7.74. The van der Waals surface area contributed by atoms with Gasteiger partial charge in [0.15, 0.2) is 5.58 Å². The molecule has 18 heavy (non-hydrogen) atoms. The molecule has 0 saturated heterocycles. The first-order valence-electron chi connectivity index (χ1n) is 5.56. The largest absolute Gasteiger partial charge is 0.457 e. The predicted octanol–water partition coefficient (Wildman–Crippen LogP) is 2.87. The van der Waals surface area contributed by atoms with Crippen LogP contribution >= 0.6 is 11.6 Å². The van der Waals surface area contributed by atoms with Gasteiger partial charge in [-0.25, -0.2) is 4.98 Å². The van der Waals surface area contributed by atoms with Crippen LogP contribution in [0.2, 0.25) is 5.02 Å². The van der Waals surface area contributed by atoms with Gasteiger partial charge in [-0.2, -0.15) is 0 Å². The molecule has 2 N–H and O–H groups in total. The first-order chi connectivity index (χ1) is 8.66. The van der Waals surface area contributed by atoms with Gasteiger partial charge < -0.3 is 14.7 Å². The van der Waals surface area contributed by atoms with Crippen LogP contribution < -0.4 is 5.73 Å². The second-order valence-corrected chi connectivity index (χ2v) is 4.62. The molecule has 1 unspecified atom stereocenters. The molecule has 0 radical (unpaired) electrons. The minimum atomic E-state index is -0.346. The normalized spacial score (nSPS) is 13.1. The molecule has 2 aromatic heterocycles. The van der Waals surface area contributed by atoms with Crippen LogP contribution in [0.15, 0.2) is 41.2 Å². The van der Waals surface area contributed by atoms with Gasteiger partial charge in [0, 0.05) is 12.4 Å². The molecule has 4 nitrogen and oxygen atoms in total. The van der Waals surface area contributed by atoms with Gasteiger partial charge in [-0.3, -0.25) is 0 Å². The summed E-state index contributed by atoms with van der Waals surface area (Å²) in [4.78, 5) is 4.06. The van der Waals surface area contributed by atoms with Gasteiger partial charge in [-0.05, 0) is 12.1 Å². The van der Waals surface area contributed by atoms with Crippen molar-refractivity contribution in [1.82, 2.24) is 9.55 Å². The molecule has 0 bridgehead atoms. The lowest BCUT2D eigenvalue weighted by Gasteiger charge is -2.08. The van der Waals surface area contributed by atoms with Gasteiger partial charge >= 0.3 is 0 Å². The van der Waals surface area contributed by atoms with Crippen molar-refractivity contribution in [3.05, 3.63) is 53.3 Å². The molecule has 0 fully saturated rings. The first-order valence-corrected chi connectivity index (χ1v) is 5.94. The Kier molecular flexibility index (Phi) is 2.61.